The highest BCUT2D eigenvalue weighted by Gasteiger charge is 2.41. The predicted octanol–water partition coefficient (Wildman–Crippen LogP) is 20.0. The minimum atomic E-state index is -0.266. The maximum atomic E-state index is 2.71. The first-order valence-corrected chi connectivity index (χ1v) is 30.6. The Kier molecular flexibility index (Phi) is 10.6. The average Bonchev–Trinajstić information content (AvgIpc) is 0.988. The molecule has 4 heteroatoms. The Labute approximate surface area is 508 Å². The molecule has 2 aliphatic heterocycles. The average molecular weight is 1110 g/mol. The summed E-state index contributed by atoms with van der Waals surface area (Å²) in [5, 5.41) is 16.7. The predicted molar refractivity (Wildman–Crippen MR) is 376 cm³/mol. The summed E-state index contributed by atoms with van der Waals surface area (Å²) >= 11 is 0. The van der Waals surface area contributed by atoms with Crippen LogP contribution < -0.4 is 16.4 Å². The zero-order valence-corrected chi connectivity index (χ0v) is 47.9. The highest BCUT2D eigenvalue weighted by Crippen LogP contribution is 2.44. The molecule has 0 unspecified atom stereocenters. The zero-order valence-electron chi connectivity index (χ0n) is 47.9. The molecule has 0 aliphatic carbocycles. The third-order valence-corrected chi connectivity index (χ3v) is 19.2. The van der Waals surface area contributed by atoms with Gasteiger partial charge in [-0.15, -0.1) is 0 Å². The van der Waals surface area contributed by atoms with E-state index in [-0.39, 0.29) is 6.71 Å². The summed E-state index contributed by atoms with van der Waals surface area (Å²) in [6.07, 6.45) is 0. The lowest BCUT2D eigenvalue weighted by Gasteiger charge is -2.37. The second-order valence-corrected chi connectivity index (χ2v) is 23.8. The number of aromatic nitrogens is 3. The van der Waals surface area contributed by atoms with E-state index in [0.717, 1.165) is 50.1 Å². The van der Waals surface area contributed by atoms with E-state index >= 15 is 0 Å². The largest absolute Gasteiger partial charge is 0.310 e. The lowest BCUT2D eigenvalue weighted by atomic mass is 9.34. The normalized spacial score (nSPS) is 12.3. The van der Waals surface area contributed by atoms with Crippen LogP contribution in [-0.2, 0) is 0 Å². The fourth-order valence-electron chi connectivity index (χ4n) is 15.5. The molecule has 0 radical (unpaired) electrons. The Bertz CT molecular complexity index is 5940. The van der Waals surface area contributed by atoms with E-state index in [2.05, 4.69) is 329 Å². The van der Waals surface area contributed by atoms with E-state index in [1.165, 1.54) is 125 Å². The standard InChI is InChI=1S/C84H52BN3/c1-4-24-53(25-5-1)56-44-45-71-65-35-15-11-31-61(65)63-33-13-17-37-67(63)73-47-58(55-28-8-3-9-29-55)49-75-84(73)88(79(71)50-56)81-52-59(86-76-41-21-19-39-69(76)70-40-20-22-42-77(70)86)51-80-82(81)85(75)74-48-57(54-26-6-2-7-27-54)46-72-66-36-16-12-32-62(66)60-30-10-14-34-64(60)68-38-18-23-43-78(68)87(80)83(72)74/h1-52H. The van der Waals surface area contributed by atoms with E-state index in [1.807, 2.05) is 0 Å². The third kappa shape index (κ3) is 7.09. The SMILES string of the molecule is c1ccc(-c2cc3c4c(c2)c2ccccc2c2ccccc2c2ccccc2n4-c2cc(-n4c5ccccc5c5ccccc54)cc4c2B3c2cc(-c3ccccc3)cc3c5ccccc5c5ccccc5c5ccc(-c6ccccc6)cc5n-4c23)cc1. The lowest BCUT2D eigenvalue weighted by molar-refractivity contribution is 1.10. The van der Waals surface area contributed by atoms with E-state index in [1.54, 1.807) is 0 Å². The van der Waals surface area contributed by atoms with Gasteiger partial charge in [-0.05, 0) is 141 Å². The van der Waals surface area contributed by atoms with Gasteiger partial charge in [-0.25, -0.2) is 0 Å². The highest BCUT2D eigenvalue weighted by molar-refractivity contribution is 7.00. The minimum absolute atomic E-state index is 0.266. The molecule has 0 N–H and O–H groups in total. The van der Waals surface area contributed by atoms with Gasteiger partial charge in [0.1, 0.15) is 0 Å². The van der Waals surface area contributed by atoms with Gasteiger partial charge in [0.25, 0.3) is 6.71 Å². The second kappa shape index (κ2) is 19.0. The Morgan fingerprint density at radius 3 is 0.920 bits per heavy atom. The quantitative estimate of drug-likeness (QED) is 0.156. The molecule has 3 aromatic heterocycles. The van der Waals surface area contributed by atoms with Gasteiger partial charge in [0.05, 0.1) is 27.8 Å². The van der Waals surface area contributed by atoms with Gasteiger partial charge >= 0.3 is 0 Å². The maximum absolute atomic E-state index is 2.71. The van der Waals surface area contributed by atoms with Crippen molar-refractivity contribution in [1.82, 2.24) is 13.7 Å². The molecule has 0 spiro atoms. The fraction of sp³-hybridized carbons (Fsp3) is 0. The smallest absolute Gasteiger partial charge is 0.252 e. The van der Waals surface area contributed by atoms with Crippen LogP contribution in [0.4, 0.5) is 0 Å². The Balaban J connectivity index is 1.15. The summed E-state index contributed by atoms with van der Waals surface area (Å²) in [7, 11) is 0. The van der Waals surface area contributed by atoms with Gasteiger partial charge in [0.15, 0.2) is 0 Å². The molecule has 3 nitrogen and oxygen atoms in total. The maximum Gasteiger partial charge on any atom is 0.252 e. The van der Waals surface area contributed by atoms with Crippen LogP contribution in [0.5, 0.6) is 0 Å². The summed E-state index contributed by atoms with van der Waals surface area (Å²) in [4.78, 5) is 0. The van der Waals surface area contributed by atoms with E-state index in [0.29, 0.717) is 0 Å². The van der Waals surface area contributed by atoms with Crippen molar-refractivity contribution in [3.63, 3.8) is 0 Å². The van der Waals surface area contributed by atoms with Crippen molar-refractivity contribution in [2.75, 3.05) is 0 Å². The molecule has 5 heterocycles. The summed E-state index contributed by atoms with van der Waals surface area (Å²) < 4.78 is 7.94. The van der Waals surface area contributed by atoms with Crippen molar-refractivity contribution in [3.05, 3.63) is 315 Å². The van der Waals surface area contributed by atoms with Gasteiger partial charge < -0.3 is 13.7 Å². The molecular formula is C84H52BN3. The van der Waals surface area contributed by atoms with E-state index in [9.17, 15) is 0 Å². The van der Waals surface area contributed by atoms with Crippen LogP contribution in [0.1, 0.15) is 0 Å². The summed E-state index contributed by atoms with van der Waals surface area (Å²) in [6.45, 7) is -0.266. The van der Waals surface area contributed by atoms with Crippen LogP contribution in [-0.4, -0.2) is 20.4 Å². The molecule has 0 bridgehead atoms. The second-order valence-electron chi connectivity index (χ2n) is 23.8. The van der Waals surface area contributed by atoms with Crippen LogP contribution in [0.25, 0.3) is 159 Å². The molecule has 14 aromatic carbocycles. The fourth-order valence-corrected chi connectivity index (χ4v) is 15.5. The monoisotopic (exact) mass is 1110 g/mol. The van der Waals surface area contributed by atoms with Crippen LogP contribution in [0.2, 0.25) is 0 Å². The molecule has 88 heavy (non-hydrogen) atoms. The van der Waals surface area contributed by atoms with Crippen molar-refractivity contribution in [2.45, 2.75) is 0 Å². The number of hydrogen-bond donors (Lipinski definition) is 0. The molecular weight excluding hydrogens is 1060 g/mol. The number of fused-ring (bicyclic) bond motifs is 21. The Morgan fingerprint density at radius 2 is 0.500 bits per heavy atom. The molecule has 0 amide bonds. The molecule has 0 saturated carbocycles. The summed E-state index contributed by atoms with van der Waals surface area (Å²) in [6, 6.07) is 119. The van der Waals surface area contributed by atoms with Gasteiger partial charge in [-0.3, -0.25) is 0 Å². The van der Waals surface area contributed by atoms with Gasteiger partial charge in [-0.2, -0.15) is 0 Å². The Hall–Kier alpha value is -11.5. The third-order valence-electron chi connectivity index (χ3n) is 19.2. The first kappa shape index (κ1) is 48.9. The number of hydrogen-bond acceptors (Lipinski definition) is 0. The van der Waals surface area contributed by atoms with Gasteiger partial charge in [0.2, 0.25) is 0 Å². The van der Waals surface area contributed by atoms with Crippen molar-refractivity contribution in [1.29, 1.82) is 0 Å². The molecule has 406 valence electrons. The topological polar surface area (TPSA) is 14.8 Å². The molecule has 17 aromatic rings. The molecule has 0 saturated heterocycles. The van der Waals surface area contributed by atoms with Crippen molar-refractivity contribution >= 4 is 132 Å². The zero-order chi connectivity index (χ0) is 57.6. The minimum Gasteiger partial charge on any atom is -0.310 e. The van der Waals surface area contributed by atoms with Crippen LogP contribution in [0.3, 0.4) is 0 Å². The summed E-state index contributed by atoms with van der Waals surface area (Å²) in [5.41, 5.74) is 21.1. The number of rotatable bonds is 4. The number of para-hydroxylation sites is 3. The molecule has 19 rings (SSSR count). The molecule has 0 atom stereocenters. The van der Waals surface area contributed by atoms with Crippen molar-refractivity contribution in [2.24, 2.45) is 0 Å². The summed E-state index contributed by atoms with van der Waals surface area (Å²) in [5.74, 6) is 0. The molecule has 2 aliphatic rings. The van der Waals surface area contributed by atoms with Gasteiger partial charge in [-0.1, -0.05) is 267 Å². The van der Waals surface area contributed by atoms with E-state index in [4.69, 9.17) is 0 Å². The van der Waals surface area contributed by atoms with E-state index < -0.39 is 0 Å². The Morgan fingerprint density at radius 1 is 0.193 bits per heavy atom. The van der Waals surface area contributed by atoms with Crippen LogP contribution in [0, 0.1) is 0 Å². The first-order valence-electron chi connectivity index (χ1n) is 30.6. The van der Waals surface area contributed by atoms with Crippen molar-refractivity contribution in [3.8, 4) is 50.4 Å². The van der Waals surface area contributed by atoms with Crippen molar-refractivity contribution < 1.29 is 0 Å². The van der Waals surface area contributed by atoms with Crippen LogP contribution >= 0.6 is 0 Å². The highest BCUT2D eigenvalue weighted by atomic mass is 15.1. The molecule has 0 fully saturated rings. The van der Waals surface area contributed by atoms with Crippen LogP contribution in [0.15, 0.2) is 315 Å². The number of nitrogens with zero attached hydrogens (tertiary/aromatic N) is 3. The first-order chi connectivity index (χ1) is 43.7. The van der Waals surface area contributed by atoms with Gasteiger partial charge in [0, 0.05) is 54.7 Å². The lowest BCUT2D eigenvalue weighted by Crippen LogP contribution is -2.60. The number of benzene rings is 14.